The van der Waals surface area contributed by atoms with E-state index in [-0.39, 0.29) is 17.7 Å². The summed E-state index contributed by atoms with van der Waals surface area (Å²) < 4.78 is 2.23. The molecule has 2 fully saturated rings. The summed E-state index contributed by atoms with van der Waals surface area (Å²) in [6.07, 6.45) is 4.23. The van der Waals surface area contributed by atoms with E-state index in [4.69, 9.17) is 0 Å². The first-order valence-electron chi connectivity index (χ1n) is 11.7. The Morgan fingerprint density at radius 2 is 1.84 bits per heavy atom. The number of amides is 2. The Balaban J connectivity index is 1.28. The van der Waals surface area contributed by atoms with Crippen LogP contribution in [0.5, 0.6) is 0 Å². The number of rotatable bonds is 6. The normalized spacial score (nSPS) is 19.9. The van der Waals surface area contributed by atoms with Gasteiger partial charge in [-0.15, -0.1) is 0 Å². The van der Waals surface area contributed by atoms with Crippen molar-refractivity contribution in [3.63, 3.8) is 0 Å². The zero-order valence-electron chi connectivity index (χ0n) is 19.8. The lowest BCUT2D eigenvalue weighted by Gasteiger charge is -2.36. The Morgan fingerprint density at radius 3 is 2.53 bits per heavy atom. The summed E-state index contributed by atoms with van der Waals surface area (Å²) in [5.41, 5.74) is 3.27. The molecule has 3 heterocycles. The molecular weight excluding hydrogens is 402 g/mol. The average molecular weight is 438 g/mol. The number of hydrogen-bond donors (Lipinski definition) is 0. The smallest absolute Gasteiger partial charge is 0.228 e. The van der Waals surface area contributed by atoms with Crippen LogP contribution < -0.4 is 4.90 Å². The van der Waals surface area contributed by atoms with Crippen LogP contribution in [0, 0.1) is 19.8 Å². The molecule has 172 valence electrons. The first-order valence-corrected chi connectivity index (χ1v) is 11.7. The molecule has 4 rings (SSSR count). The molecule has 0 saturated carbocycles. The Bertz CT molecular complexity index is 974. The number of anilines is 1. The number of benzene rings is 1. The molecule has 0 spiro atoms. The first-order chi connectivity index (χ1) is 15.3. The highest BCUT2D eigenvalue weighted by Crippen LogP contribution is 2.28. The summed E-state index contributed by atoms with van der Waals surface area (Å²) in [6.45, 7) is 14.0. The lowest BCUT2D eigenvalue weighted by atomic mass is 10.1. The molecule has 2 amide bonds. The highest BCUT2D eigenvalue weighted by Gasteiger charge is 2.38. The molecule has 1 atom stereocenters. The van der Waals surface area contributed by atoms with Crippen molar-refractivity contribution in [2.75, 3.05) is 44.2 Å². The summed E-state index contributed by atoms with van der Waals surface area (Å²) in [7, 11) is 0. The quantitative estimate of drug-likeness (QED) is 0.697. The van der Waals surface area contributed by atoms with Crippen LogP contribution in [0.25, 0.3) is 0 Å². The summed E-state index contributed by atoms with van der Waals surface area (Å²) in [5, 5.41) is 0. The third-order valence-corrected chi connectivity index (χ3v) is 6.88. The van der Waals surface area contributed by atoms with Gasteiger partial charge in [-0.25, -0.2) is 4.98 Å². The van der Waals surface area contributed by atoms with Gasteiger partial charge in [0.15, 0.2) is 0 Å². The number of carbonyl (C=O) groups is 2. The molecule has 2 aromatic rings. The van der Waals surface area contributed by atoms with Crippen molar-refractivity contribution in [1.29, 1.82) is 0 Å². The lowest BCUT2D eigenvalue weighted by Crippen LogP contribution is -2.51. The van der Waals surface area contributed by atoms with Crippen molar-refractivity contribution in [3.05, 3.63) is 47.5 Å². The second-order valence-corrected chi connectivity index (χ2v) is 9.47. The molecular formula is C25H35N5O2. The Kier molecular flexibility index (Phi) is 6.65. The first kappa shape index (κ1) is 22.5. The second kappa shape index (κ2) is 9.45. The number of nitrogens with zero attached hydrogens (tertiary/aromatic N) is 5. The number of aromatic nitrogens is 2. The van der Waals surface area contributed by atoms with Crippen LogP contribution in [0.4, 0.5) is 5.69 Å². The minimum atomic E-state index is -0.241. The standard InChI is InChI=1S/C25H35N5O2/c1-18(2)24-26-7-8-28(24)12-9-27-10-13-29(14-11-27)25(32)21-16-23(31)30(17-21)22-6-5-19(3)20(4)15-22/h5-8,15,18,21H,9-14,16-17H2,1-4H3. The van der Waals surface area contributed by atoms with Crippen molar-refractivity contribution in [1.82, 2.24) is 19.4 Å². The van der Waals surface area contributed by atoms with Gasteiger partial charge in [-0.3, -0.25) is 14.5 Å². The van der Waals surface area contributed by atoms with Gasteiger partial charge in [-0.05, 0) is 37.1 Å². The van der Waals surface area contributed by atoms with E-state index >= 15 is 0 Å². The molecule has 0 bridgehead atoms. The molecule has 1 unspecified atom stereocenters. The summed E-state index contributed by atoms with van der Waals surface area (Å²) in [5.74, 6) is 1.47. The van der Waals surface area contributed by atoms with Gasteiger partial charge in [0, 0.05) is 76.2 Å². The van der Waals surface area contributed by atoms with Gasteiger partial charge in [-0.1, -0.05) is 19.9 Å². The van der Waals surface area contributed by atoms with Gasteiger partial charge in [-0.2, -0.15) is 0 Å². The summed E-state index contributed by atoms with van der Waals surface area (Å²) >= 11 is 0. The van der Waals surface area contributed by atoms with Gasteiger partial charge in [0.2, 0.25) is 11.8 Å². The number of aryl methyl sites for hydroxylation is 2. The van der Waals surface area contributed by atoms with Crippen molar-refractivity contribution in [3.8, 4) is 0 Å². The molecule has 0 N–H and O–H groups in total. The molecule has 1 aromatic heterocycles. The molecule has 0 radical (unpaired) electrons. The molecule has 2 aliphatic rings. The monoisotopic (exact) mass is 437 g/mol. The van der Waals surface area contributed by atoms with Gasteiger partial charge < -0.3 is 14.4 Å². The highest BCUT2D eigenvalue weighted by molar-refractivity contribution is 6.00. The van der Waals surface area contributed by atoms with E-state index in [0.717, 1.165) is 56.3 Å². The van der Waals surface area contributed by atoms with Crippen molar-refractivity contribution in [2.24, 2.45) is 5.92 Å². The summed E-state index contributed by atoms with van der Waals surface area (Å²) in [6, 6.07) is 6.07. The maximum Gasteiger partial charge on any atom is 0.228 e. The predicted octanol–water partition coefficient (Wildman–Crippen LogP) is 2.82. The van der Waals surface area contributed by atoms with E-state index in [1.807, 2.05) is 35.5 Å². The molecule has 2 saturated heterocycles. The maximum atomic E-state index is 13.1. The average Bonchev–Trinajstić information content (AvgIpc) is 3.41. The third kappa shape index (κ3) is 4.72. The minimum absolute atomic E-state index is 0.0477. The van der Waals surface area contributed by atoms with E-state index in [0.29, 0.717) is 18.9 Å². The molecule has 7 nitrogen and oxygen atoms in total. The van der Waals surface area contributed by atoms with E-state index in [1.54, 1.807) is 4.90 Å². The fourth-order valence-electron chi connectivity index (χ4n) is 4.73. The van der Waals surface area contributed by atoms with Gasteiger partial charge in [0.1, 0.15) is 5.82 Å². The molecule has 2 aliphatic heterocycles. The maximum absolute atomic E-state index is 13.1. The van der Waals surface area contributed by atoms with Crippen LogP contribution in [-0.4, -0.2) is 70.4 Å². The highest BCUT2D eigenvalue weighted by atomic mass is 16.2. The molecule has 0 aliphatic carbocycles. The van der Waals surface area contributed by atoms with Gasteiger partial charge >= 0.3 is 0 Å². The Labute approximate surface area is 191 Å². The zero-order valence-corrected chi connectivity index (χ0v) is 19.8. The van der Waals surface area contributed by atoms with Crippen LogP contribution in [0.1, 0.15) is 43.1 Å². The van der Waals surface area contributed by atoms with Crippen molar-refractivity contribution < 1.29 is 9.59 Å². The van der Waals surface area contributed by atoms with Crippen LogP contribution in [0.3, 0.4) is 0 Å². The van der Waals surface area contributed by atoms with Crippen molar-refractivity contribution in [2.45, 2.75) is 46.6 Å². The van der Waals surface area contributed by atoms with E-state index < -0.39 is 0 Å². The van der Waals surface area contributed by atoms with Crippen LogP contribution in [-0.2, 0) is 16.1 Å². The van der Waals surface area contributed by atoms with Crippen molar-refractivity contribution >= 4 is 17.5 Å². The number of carbonyl (C=O) groups excluding carboxylic acids is 2. The SMILES string of the molecule is Cc1ccc(N2CC(C(=O)N3CCN(CCn4ccnc4C(C)C)CC3)CC2=O)cc1C. The number of piperazine rings is 1. The van der Waals surface area contributed by atoms with Gasteiger partial charge in [0.25, 0.3) is 0 Å². The van der Waals surface area contributed by atoms with Gasteiger partial charge in [0.05, 0.1) is 5.92 Å². The van der Waals surface area contributed by atoms with Crippen LogP contribution >= 0.6 is 0 Å². The summed E-state index contributed by atoms with van der Waals surface area (Å²) in [4.78, 5) is 36.4. The van der Waals surface area contributed by atoms with E-state index in [2.05, 4.69) is 42.1 Å². The lowest BCUT2D eigenvalue weighted by molar-refractivity contribution is -0.137. The Morgan fingerprint density at radius 1 is 1.09 bits per heavy atom. The zero-order chi connectivity index (χ0) is 22.8. The number of imidazole rings is 1. The predicted molar refractivity (Wildman–Crippen MR) is 126 cm³/mol. The van der Waals surface area contributed by atoms with Crippen LogP contribution in [0.15, 0.2) is 30.6 Å². The molecule has 1 aromatic carbocycles. The third-order valence-electron chi connectivity index (χ3n) is 6.88. The number of hydrogen-bond acceptors (Lipinski definition) is 4. The van der Waals surface area contributed by atoms with E-state index in [1.165, 1.54) is 5.56 Å². The minimum Gasteiger partial charge on any atom is -0.340 e. The molecule has 7 heteroatoms. The topological polar surface area (TPSA) is 61.7 Å². The fraction of sp³-hybridized carbons (Fsp3) is 0.560. The van der Waals surface area contributed by atoms with E-state index in [9.17, 15) is 9.59 Å². The molecule has 32 heavy (non-hydrogen) atoms. The second-order valence-electron chi connectivity index (χ2n) is 9.47. The van der Waals surface area contributed by atoms with Crippen LogP contribution in [0.2, 0.25) is 0 Å². The Hall–Kier alpha value is -2.67. The fourth-order valence-corrected chi connectivity index (χ4v) is 4.73. The largest absolute Gasteiger partial charge is 0.340 e.